The molecule has 4 nitrogen and oxygen atoms in total. The minimum atomic E-state index is -0.843. The molecule has 1 fully saturated rings. The summed E-state index contributed by atoms with van der Waals surface area (Å²) in [4.78, 5) is 24.3. The van der Waals surface area contributed by atoms with Crippen LogP contribution in [-0.2, 0) is 9.59 Å². The Balaban J connectivity index is 2.36. The van der Waals surface area contributed by atoms with E-state index >= 15 is 0 Å². The molecule has 1 aliphatic carbocycles. The first-order chi connectivity index (χ1) is 8.50. The average molecular weight is 255 g/mol. The Morgan fingerprint density at radius 2 is 1.78 bits per heavy atom. The van der Waals surface area contributed by atoms with Gasteiger partial charge in [-0.2, -0.15) is 0 Å². The molecule has 0 aliphatic heterocycles. The van der Waals surface area contributed by atoms with E-state index in [0.29, 0.717) is 18.9 Å². The second kappa shape index (κ2) is 7.39. The lowest BCUT2D eigenvalue weighted by atomic mass is 9.96. The predicted molar refractivity (Wildman–Crippen MR) is 70.2 cm³/mol. The van der Waals surface area contributed by atoms with Crippen LogP contribution in [0.3, 0.4) is 0 Å². The third kappa shape index (κ3) is 5.07. The van der Waals surface area contributed by atoms with E-state index in [1.165, 1.54) is 25.7 Å². The third-order valence-electron chi connectivity index (χ3n) is 3.83. The second-order valence-corrected chi connectivity index (χ2v) is 5.58. The fourth-order valence-electron chi connectivity index (χ4n) is 2.56. The van der Waals surface area contributed by atoms with E-state index in [0.717, 1.165) is 12.8 Å². The van der Waals surface area contributed by atoms with E-state index in [2.05, 4.69) is 0 Å². The van der Waals surface area contributed by atoms with Crippen molar-refractivity contribution in [2.24, 2.45) is 11.8 Å². The monoisotopic (exact) mass is 255 g/mol. The summed E-state index contributed by atoms with van der Waals surface area (Å²) in [5.74, 6) is -0.741. The SMILES string of the molecule is CC(CN(C)C(=O)CC1CCCCCC1)C(=O)O. The minimum absolute atomic E-state index is 0.0926. The number of nitrogens with zero attached hydrogens (tertiary/aromatic N) is 1. The fourth-order valence-corrected chi connectivity index (χ4v) is 2.56. The van der Waals surface area contributed by atoms with Crippen molar-refractivity contribution in [3.63, 3.8) is 0 Å². The van der Waals surface area contributed by atoms with Gasteiger partial charge in [-0.15, -0.1) is 0 Å². The minimum Gasteiger partial charge on any atom is -0.481 e. The van der Waals surface area contributed by atoms with E-state index in [4.69, 9.17) is 5.11 Å². The molecule has 0 aromatic carbocycles. The number of carbonyl (C=O) groups excluding carboxylic acids is 1. The Kier molecular flexibility index (Phi) is 6.16. The van der Waals surface area contributed by atoms with Crippen LogP contribution in [0.25, 0.3) is 0 Å². The highest BCUT2D eigenvalue weighted by Crippen LogP contribution is 2.25. The summed E-state index contributed by atoms with van der Waals surface area (Å²) < 4.78 is 0. The quantitative estimate of drug-likeness (QED) is 0.768. The van der Waals surface area contributed by atoms with E-state index < -0.39 is 11.9 Å². The summed E-state index contributed by atoms with van der Waals surface area (Å²) in [6.45, 7) is 1.94. The highest BCUT2D eigenvalue weighted by molar-refractivity contribution is 5.77. The van der Waals surface area contributed by atoms with Crippen LogP contribution in [0, 0.1) is 11.8 Å². The van der Waals surface area contributed by atoms with Crippen LogP contribution in [0.4, 0.5) is 0 Å². The van der Waals surface area contributed by atoms with Crippen LogP contribution in [-0.4, -0.2) is 35.5 Å². The van der Waals surface area contributed by atoms with E-state index in [1.54, 1.807) is 18.9 Å². The number of carboxylic acid groups (broad SMARTS) is 1. The molecule has 1 N–H and O–H groups in total. The highest BCUT2D eigenvalue weighted by Gasteiger charge is 2.21. The number of carbonyl (C=O) groups is 2. The summed E-state index contributed by atoms with van der Waals surface area (Å²) in [6, 6.07) is 0. The number of hydrogen-bond acceptors (Lipinski definition) is 2. The van der Waals surface area contributed by atoms with Gasteiger partial charge in [0.25, 0.3) is 0 Å². The molecule has 18 heavy (non-hydrogen) atoms. The topological polar surface area (TPSA) is 57.6 Å². The normalized spacial score (nSPS) is 19.0. The number of aliphatic carboxylic acids is 1. The fraction of sp³-hybridized carbons (Fsp3) is 0.857. The standard InChI is InChI=1S/C14H25NO3/c1-11(14(17)18)10-15(2)13(16)9-12-7-5-3-4-6-8-12/h11-12H,3-10H2,1-2H3,(H,17,18). The van der Waals surface area contributed by atoms with Crippen molar-refractivity contribution >= 4 is 11.9 Å². The Morgan fingerprint density at radius 1 is 1.22 bits per heavy atom. The van der Waals surface area contributed by atoms with Gasteiger partial charge in [-0.1, -0.05) is 32.6 Å². The molecule has 1 amide bonds. The maximum absolute atomic E-state index is 12.0. The Morgan fingerprint density at radius 3 is 2.28 bits per heavy atom. The molecule has 0 heterocycles. The molecule has 0 saturated heterocycles. The average Bonchev–Trinajstić information content (AvgIpc) is 2.57. The van der Waals surface area contributed by atoms with Gasteiger partial charge in [0.05, 0.1) is 5.92 Å². The molecule has 1 aliphatic rings. The van der Waals surface area contributed by atoms with Crippen molar-refractivity contribution in [1.29, 1.82) is 0 Å². The second-order valence-electron chi connectivity index (χ2n) is 5.58. The molecule has 0 aromatic rings. The van der Waals surface area contributed by atoms with Gasteiger partial charge in [0.15, 0.2) is 0 Å². The molecule has 0 bridgehead atoms. The van der Waals surface area contributed by atoms with Gasteiger partial charge in [0.2, 0.25) is 5.91 Å². The summed E-state index contributed by atoms with van der Waals surface area (Å²) >= 11 is 0. The smallest absolute Gasteiger partial charge is 0.308 e. The van der Waals surface area contributed by atoms with Crippen molar-refractivity contribution < 1.29 is 14.7 Å². The molecule has 1 unspecified atom stereocenters. The Bertz CT molecular complexity index is 283. The number of carboxylic acids is 1. The van der Waals surface area contributed by atoms with Crippen molar-refractivity contribution in [1.82, 2.24) is 4.90 Å². The Labute approximate surface area is 109 Å². The zero-order chi connectivity index (χ0) is 13.5. The molecular weight excluding hydrogens is 230 g/mol. The lowest BCUT2D eigenvalue weighted by Gasteiger charge is -2.22. The molecule has 1 saturated carbocycles. The van der Waals surface area contributed by atoms with Crippen LogP contribution in [0.2, 0.25) is 0 Å². The van der Waals surface area contributed by atoms with Gasteiger partial charge in [-0.25, -0.2) is 0 Å². The lowest BCUT2D eigenvalue weighted by Crippen LogP contribution is -2.34. The zero-order valence-corrected chi connectivity index (χ0v) is 11.5. The van der Waals surface area contributed by atoms with E-state index in [9.17, 15) is 9.59 Å². The molecule has 104 valence electrons. The molecule has 1 rings (SSSR count). The van der Waals surface area contributed by atoms with Crippen molar-refractivity contribution in [2.45, 2.75) is 51.9 Å². The van der Waals surface area contributed by atoms with Gasteiger partial charge >= 0.3 is 5.97 Å². The number of amides is 1. The van der Waals surface area contributed by atoms with Crippen LogP contribution in [0.1, 0.15) is 51.9 Å². The van der Waals surface area contributed by atoms with Gasteiger partial charge in [0, 0.05) is 20.0 Å². The van der Waals surface area contributed by atoms with Crippen LogP contribution < -0.4 is 0 Å². The van der Waals surface area contributed by atoms with Crippen molar-refractivity contribution in [3.05, 3.63) is 0 Å². The predicted octanol–water partition coefficient (Wildman–Crippen LogP) is 2.53. The largest absolute Gasteiger partial charge is 0.481 e. The molecule has 0 aromatic heterocycles. The summed E-state index contributed by atoms with van der Waals surface area (Å²) in [5.41, 5.74) is 0. The number of rotatable bonds is 5. The zero-order valence-electron chi connectivity index (χ0n) is 11.5. The highest BCUT2D eigenvalue weighted by atomic mass is 16.4. The summed E-state index contributed by atoms with van der Waals surface area (Å²) in [6.07, 6.45) is 7.92. The number of hydrogen-bond donors (Lipinski definition) is 1. The first kappa shape index (κ1) is 15.0. The Hall–Kier alpha value is -1.06. The van der Waals surface area contributed by atoms with Crippen molar-refractivity contribution in [3.8, 4) is 0 Å². The van der Waals surface area contributed by atoms with E-state index in [1.807, 2.05) is 0 Å². The van der Waals surface area contributed by atoms with Gasteiger partial charge < -0.3 is 10.0 Å². The van der Waals surface area contributed by atoms with E-state index in [-0.39, 0.29) is 5.91 Å². The summed E-state index contributed by atoms with van der Waals surface area (Å²) in [7, 11) is 1.71. The summed E-state index contributed by atoms with van der Waals surface area (Å²) in [5, 5.41) is 8.83. The lowest BCUT2D eigenvalue weighted by molar-refractivity contribution is -0.142. The van der Waals surface area contributed by atoms with Crippen LogP contribution in [0.15, 0.2) is 0 Å². The first-order valence-electron chi connectivity index (χ1n) is 6.97. The van der Waals surface area contributed by atoms with Crippen LogP contribution >= 0.6 is 0 Å². The maximum Gasteiger partial charge on any atom is 0.308 e. The van der Waals surface area contributed by atoms with Gasteiger partial charge in [0.1, 0.15) is 0 Å². The van der Waals surface area contributed by atoms with Gasteiger partial charge in [-0.3, -0.25) is 9.59 Å². The first-order valence-corrected chi connectivity index (χ1v) is 6.97. The molecule has 1 atom stereocenters. The maximum atomic E-state index is 12.0. The van der Waals surface area contributed by atoms with Crippen LogP contribution in [0.5, 0.6) is 0 Å². The van der Waals surface area contributed by atoms with Gasteiger partial charge in [-0.05, 0) is 18.8 Å². The molecule has 4 heteroatoms. The molecule has 0 radical (unpaired) electrons. The molecular formula is C14H25NO3. The third-order valence-corrected chi connectivity index (χ3v) is 3.83. The molecule has 0 spiro atoms. The van der Waals surface area contributed by atoms with Crippen molar-refractivity contribution in [2.75, 3.05) is 13.6 Å².